The SMILES string of the molecule is CC(C)N1CN(c2[c-]c(C(c3[c-]c4c(cc3)c3ccccc3n4-c3cc(-c4ccccc4-c4ccccc4)ccn3)(c3ccccc3)c3ccccc3)ccc2)c2ccccc21.[Pt+2]. The van der Waals surface area contributed by atoms with Gasteiger partial charge in [0.2, 0.25) is 0 Å². The maximum Gasteiger partial charge on any atom is 2.00 e. The van der Waals surface area contributed by atoms with E-state index in [9.17, 15) is 0 Å². The molecule has 0 spiro atoms. The molecule has 11 rings (SSSR count). The van der Waals surface area contributed by atoms with E-state index in [1.807, 2.05) is 6.20 Å². The molecule has 0 bridgehead atoms. The third-order valence-corrected chi connectivity index (χ3v) is 12.6. The van der Waals surface area contributed by atoms with Crippen molar-refractivity contribution in [1.82, 2.24) is 9.55 Å². The maximum absolute atomic E-state index is 5.10. The monoisotopic (exact) mass is 991 g/mol. The molecule has 0 radical (unpaired) electrons. The Bertz CT molecular complexity index is 3170. The number of benzene rings is 8. The Balaban J connectivity index is 0.00000471. The maximum atomic E-state index is 5.10. The van der Waals surface area contributed by atoms with Crippen molar-refractivity contribution in [3.63, 3.8) is 0 Å². The molecular weight excluding hydrogens is 948 g/mol. The van der Waals surface area contributed by atoms with Crippen LogP contribution in [0.3, 0.4) is 0 Å². The van der Waals surface area contributed by atoms with Crippen LogP contribution in [0.2, 0.25) is 0 Å². The van der Waals surface area contributed by atoms with Gasteiger partial charge in [-0.2, -0.15) is 36.4 Å². The summed E-state index contributed by atoms with van der Waals surface area (Å²) in [6.07, 6.45) is 1.94. The van der Waals surface area contributed by atoms with Crippen molar-refractivity contribution in [3.8, 4) is 28.1 Å². The van der Waals surface area contributed by atoms with E-state index < -0.39 is 5.41 Å². The van der Waals surface area contributed by atoms with Gasteiger partial charge in [-0.05, 0) is 82.9 Å². The van der Waals surface area contributed by atoms with Crippen LogP contribution in [0, 0.1) is 12.1 Å². The molecule has 0 fully saturated rings. The predicted octanol–water partition coefficient (Wildman–Crippen LogP) is 13.8. The molecule has 63 heavy (non-hydrogen) atoms. The second kappa shape index (κ2) is 16.7. The molecule has 0 N–H and O–H groups in total. The molecule has 8 aromatic carbocycles. The Hall–Kier alpha value is -7.00. The Morgan fingerprint density at radius 3 is 1.84 bits per heavy atom. The minimum atomic E-state index is -0.783. The number of aromatic nitrogens is 2. The summed E-state index contributed by atoms with van der Waals surface area (Å²) in [7, 11) is 0. The largest absolute Gasteiger partial charge is 2.00 e. The minimum Gasteiger partial charge on any atom is -0.349 e. The molecule has 5 heteroatoms. The third-order valence-electron chi connectivity index (χ3n) is 12.6. The summed E-state index contributed by atoms with van der Waals surface area (Å²) in [5, 5.41) is 2.28. The van der Waals surface area contributed by atoms with E-state index >= 15 is 0 Å². The van der Waals surface area contributed by atoms with Crippen LogP contribution >= 0.6 is 0 Å². The molecule has 0 amide bonds. The number of hydrogen-bond donors (Lipinski definition) is 0. The van der Waals surface area contributed by atoms with E-state index in [2.05, 4.69) is 247 Å². The van der Waals surface area contributed by atoms with Gasteiger partial charge in [0.15, 0.2) is 0 Å². The Labute approximate surface area is 384 Å². The molecule has 4 nitrogen and oxygen atoms in total. The first kappa shape index (κ1) is 40.1. The normalized spacial score (nSPS) is 12.5. The number of anilines is 3. The molecule has 0 aliphatic carbocycles. The first-order valence-corrected chi connectivity index (χ1v) is 21.4. The third kappa shape index (κ3) is 6.78. The minimum absolute atomic E-state index is 0. The average molecular weight is 992 g/mol. The summed E-state index contributed by atoms with van der Waals surface area (Å²) < 4.78 is 2.30. The summed E-state index contributed by atoms with van der Waals surface area (Å²) >= 11 is 0. The molecule has 0 saturated carbocycles. The second-order valence-corrected chi connectivity index (χ2v) is 16.4. The second-order valence-electron chi connectivity index (χ2n) is 16.4. The number of hydrogen-bond acceptors (Lipinski definition) is 3. The molecule has 3 heterocycles. The van der Waals surface area contributed by atoms with Gasteiger partial charge in [-0.3, -0.25) is 0 Å². The fourth-order valence-corrected chi connectivity index (χ4v) is 9.69. The van der Waals surface area contributed by atoms with Gasteiger partial charge in [0.25, 0.3) is 0 Å². The van der Waals surface area contributed by atoms with Gasteiger partial charge in [0, 0.05) is 23.2 Å². The molecule has 1 aliphatic rings. The van der Waals surface area contributed by atoms with E-state index in [-0.39, 0.29) is 21.1 Å². The topological polar surface area (TPSA) is 24.3 Å². The van der Waals surface area contributed by atoms with Crippen LogP contribution < -0.4 is 9.80 Å². The van der Waals surface area contributed by atoms with Crippen molar-refractivity contribution in [3.05, 3.63) is 247 Å². The van der Waals surface area contributed by atoms with E-state index in [4.69, 9.17) is 4.98 Å². The predicted molar refractivity (Wildman–Crippen MR) is 256 cm³/mol. The van der Waals surface area contributed by atoms with Crippen LogP contribution in [-0.4, -0.2) is 22.3 Å². The fourth-order valence-electron chi connectivity index (χ4n) is 9.69. The van der Waals surface area contributed by atoms with E-state index in [1.54, 1.807) is 0 Å². The summed E-state index contributed by atoms with van der Waals surface area (Å²) in [6.45, 7) is 5.27. The van der Waals surface area contributed by atoms with Crippen molar-refractivity contribution < 1.29 is 21.1 Å². The molecule has 0 unspecified atom stereocenters. The van der Waals surface area contributed by atoms with Crippen molar-refractivity contribution in [2.45, 2.75) is 25.3 Å². The molecule has 1 aliphatic heterocycles. The van der Waals surface area contributed by atoms with Gasteiger partial charge in [-0.1, -0.05) is 157 Å². The molecule has 0 atom stereocenters. The standard InChI is InChI=1S/C58H44N4.Pt/c1-41(2)60-40-61(55-32-17-16-31-54(55)60)48-26-18-25-46(38-48)58(44-21-8-4-9-22-44,45-23-10-5-11-24-45)47-33-34-52-51-29-14-15-30-53(51)62(56(52)39-47)57-37-43(35-36-59-57)50-28-13-12-27-49(50)42-19-6-3-7-20-42;/h3-37,41H,40H2,1-2H3;/q-2;+2. The summed E-state index contributed by atoms with van der Waals surface area (Å²) in [4.78, 5) is 9.96. The van der Waals surface area contributed by atoms with Crippen LogP contribution in [0.1, 0.15) is 36.1 Å². The zero-order chi connectivity index (χ0) is 41.6. The molecule has 10 aromatic rings. The Morgan fingerprint density at radius 1 is 0.524 bits per heavy atom. The first-order chi connectivity index (χ1) is 30.6. The van der Waals surface area contributed by atoms with Crippen molar-refractivity contribution >= 4 is 38.9 Å². The Morgan fingerprint density at radius 2 is 1.13 bits per heavy atom. The smallest absolute Gasteiger partial charge is 0.349 e. The van der Waals surface area contributed by atoms with Gasteiger partial charge in [-0.25, -0.2) is 4.98 Å². The molecular formula is C58H44N4Pt. The van der Waals surface area contributed by atoms with Crippen LogP contribution in [0.25, 0.3) is 49.9 Å². The zero-order valence-corrected chi connectivity index (χ0v) is 37.4. The van der Waals surface area contributed by atoms with Crippen LogP contribution in [0.15, 0.2) is 212 Å². The first-order valence-electron chi connectivity index (χ1n) is 21.4. The number of para-hydroxylation sites is 3. The van der Waals surface area contributed by atoms with Crippen molar-refractivity contribution in [2.24, 2.45) is 0 Å². The van der Waals surface area contributed by atoms with E-state index in [1.165, 1.54) is 22.5 Å². The van der Waals surface area contributed by atoms with E-state index in [0.29, 0.717) is 6.04 Å². The van der Waals surface area contributed by atoms with E-state index in [0.717, 1.165) is 73.4 Å². The van der Waals surface area contributed by atoms with Gasteiger partial charge in [0.05, 0.1) is 18.0 Å². The average Bonchev–Trinajstić information content (AvgIpc) is 3.90. The fraction of sp³-hybridized carbons (Fsp3) is 0.0862. The van der Waals surface area contributed by atoms with Crippen LogP contribution in [-0.2, 0) is 26.5 Å². The van der Waals surface area contributed by atoms with Crippen molar-refractivity contribution in [2.75, 3.05) is 16.5 Å². The summed E-state index contributed by atoms with van der Waals surface area (Å²) in [5.41, 5.74) is 13.7. The Kier molecular flexibility index (Phi) is 10.6. The quantitative estimate of drug-likeness (QED) is 0.106. The number of rotatable bonds is 9. The van der Waals surface area contributed by atoms with Crippen LogP contribution in [0.5, 0.6) is 0 Å². The van der Waals surface area contributed by atoms with Gasteiger partial charge >= 0.3 is 21.1 Å². The molecule has 306 valence electrons. The van der Waals surface area contributed by atoms with Crippen molar-refractivity contribution in [1.29, 1.82) is 0 Å². The number of nitrogens with zero attached hydrogens (tertiary/aromatic N) is 4. The van der Waals surface area contributed by atoms with Gasteiger partial charge < -0.3 is 14.4 Å². The molecule has 2 aromatic heterocycles. The zero-order valence-electron chi connectivity index (χ0n) is 35.1. The summed E-state index contributed by atoms with van der Waals surface area (Å²) in [6, 6.07) is 82.5. The van der Waals surface area contributed by atoms with Gasteiger partial charge in [0.1, 0.15) is 5.82 Å². The van der Waals surface area contributed by atoms with Gasteiger partial charge in [-0.15, -0.1) is 22.6 Å². The van der Waals surface area contributed by atoms with Crippen LogP contribution in [0.4, 0.5) is 17.1 Å². The molecule has 0 saturated heterocycles. The number of fused-ring (bicyclic) bond motifs is 4. The number of pyridine rings is 1. The summed E-state index contributed by atoms with van der Waals surface area (Å²) in [5.74, 6) is 0.839.